The van der Waals surface area contributed by atoms with E-state index in [2.05, 4.69) is 61.1 Å². The normalized spacial score (nSPS) is 21.3. The van der Waals surface area contributed by atoms with Gasteiger partial charge < -0.3 is 4.74 Å². The van der Waals surface area contributed by atoms with Crippen molar-refractivity contribution >= 4 is 38.3 Å². The summed E-state index contributed by atoms with van der Waals surface area (Å²) in [5, 5.41) is 5.27. The van der Waals surface area contributed by atoms with Crippen molar-refractivity contribution in [3.63, 3.8) is 0 Å². The summed E-state index contributed by atoms with van der Waals surface area (Å²) < 4.78 is 6.58. The number of hydrogen-bond acceptors (Lipinski definition) is 1. The fraction of sp³-hybridized carbons (Fsp3) is 0.364. The Kier molecular flexibility index (Phi) is 3.81. The molecule has 0 fully saturated rings. The SMILES string of the molecule is [C-]#[N+]c1cc2cc3c(cc2cc1[N+]#[C-])C1OC3C([Si](C)(C)C)=C1[Si](C)(C)C. The van der Waals surface area contributed by atoms with Crippen LogP contribution in [0.4, 0.5) is 11.4 Å². The topological polar surface area (TPSA) is 18.0 Å². The molecule has 2 aliphatic heterocycles. The van der Waals surface area contributed by atoms with Crippen LogP contribution in [0.2, 0.25) is 39.3 Å². The van der Waals surface area contributed by atoms with E-state index in [-0.39, 0.29) is 12.2 Å². The number of nitrogens with zero attached hydrogens (tertiary/aromatic N) is 2. The van der Waals surface area contributed by atoms with Crippen LogP contribution in [0.1, 0.15) is 23.3 Å². The van der Waals surface area contributed by atoms with Gasteiger partial charge in [0.15, 0.2) is 11.4 Å². The standard InChI is InChI=1S/C22H24N2OSi2/c1-23-17-11-13-9-15-16(10-14(13)12-18(17)24-2)20-22(27(6,7)8)21(19(15)25-20)26(3,4)5/h9-12,19-20H,3-8H3. The average Bonchev–Trinajstić information content (AvgIpc) is 3.14. The first-order valence-corrected chi connectivity index (χ1v) is 16.3. The lowest BCUT2D eigenvalue weighted by Crippen LogP contribution is -2.36. The molecule has 4 rings (SSSR count). The summed E-state index contributed by atoms with van der Waals surface area (Å²) in [6, 6.07) is 8.14. The predicted molar refractivity (Wildman–Crippen MR) is 117 cm³/mol. The van der Waals surface area contributed by atoms with Crippen LogP contribution in [0.3, 0.4) is 0 Å². The fourth-order valence-electron chi connectivity index (χ4n) is 4.60. The maximum absolute atomic E-state index is 7.37. The lowest BCUT2D eigenvalue weighted by atomic mass is 9.92. The van der Waals surface area contributed by atoms with Crippen molar-refractivity contribution in [1.82, 2.24) is 0 Å². The van der Waals surface area contributed by atoms with Gasteiger partial charge in [0.2, 0.25) is 0 Å². The summed E-state index contributed by atoms with van der Waals surface area (Å²) in [7, 11) is -3.04. The smallest absolute Gasteiger partial charge is 0.195 e. The first-order valence-electron chi connectivity index (χ1n) is 9.33. The highest BCUT2D eigenvalue weighted by Crippen LogP contribution is 2.59. The summed E-state index contributed by atoms with van der Waals surface area (Å²) in [6.07, 6.45) is 0.166. The van der Waals surface area contributed by atoms with Gasteiger partial charge in [-0.25, -0.2) is 0 Å². The molecule has 136 valence electrons. The maximum Gasteiger partial charge on any atom is 0.195 e. The molecule has 0 aliphatic carbocycles. The molecule has 0 spiro atoms. The van der Waals surface area contributed by atoms with E-state index in [0.29, 0.717) is 11.4 Å². The van der Waals surface area contributed by atoms with E-state index in [9.17, 15) is 0 Å². The third-order valence-corrected chi connectivity index (χ3v) is 10.2. The van der Waals surface area contributed by atoms with Crippen LogP contribution >= 0.6 is 0 Å². The van der Waals surface area contributed by atoms with Crippen LogP contribution in [0.25, 0.3) is 20.5 Å². The zero-order chi connectivity index (χ0) is 19.7. The number of hydrogen-bond donors (Lipinski definition) is 0. The molecule has 2 bridgehead atoms. The Bertz CT molecular complexity index is 1020. The average molecular weight is 389 g/mol. The number of rotatable bonds is 2. The highest BCUT2D eigenvalue weighted by molar-refractivity contribution is 6.89. The van der Waals surface area contributed by atoms with E-state index in [0.717, 1.165) is 10.8 Å². The van der Waals surface area contributed by atoms with Crippen molar-refractivity contribution < 1.29 is 4.74 Å². The molecule has 0 amide bonds. The van der Waals surface area contributed by atoms with Gasteiger partial charge in [0.05, 0.1) is 29.3 Å². The summed E-state index contributed by atoms with van der Waals surface area (Å²) >= 11 is 0. The number of ether oxygens (including phenoxy) is 1. The Morgan fingerprint density at radius 3 is 1.37 bits per heavy atom. The lowest BCUT2D eigenvalue weighted by Gasteiger charge is -2.33. The molecule has 0 saturated carbocycles. The molecule has 2 aromatic rings. The van der Waals surface area contributed by atoms with Crippen molar-refractivity contribution in [2.45, 2.75) is 51.5 Å². The second-order valence-corrected chi connectivity index (χ2v) is 19.7. The summed E-state index contributed by atoms with van der Waals surface area (Å²) in [5.41, 5.74) is 3.42. The summed E-state index contributed by atoms with van der Waals surface area (Å²) in [4.78, 5) is 7.08. The molecule has 2 heterocycles. The third kappa shape index (κ3) is 2.62. The van der Waals surface area contributed by atoms with Gasteiger partial charge in [-0.1, -0.05) is 61.8 Å². The first-order chi connectivity index (χ1) is 12.6. The molecule has 0 saturated heterocycles. The van der Waals surface area contributed by atoms with Gasteiger partial charge in [-0.3, -0.25) is 9.69 Å². The first kappa shape index (κ1) is 18.2. The molecular formula is C22H24N2OSi2. The van der Waals surface area contributed by atoms with Crippen LogP contribution in [0.15, 0.2) is 34.7 Å². The Hall–Kier alpha value is -2.19. The zero-order valence-corrected chi connectivity index (χ0v) is 18.8. The zero-order valence-electron chi connectivity index (χ0n) is 16.8. The van der Waals surface area contributed by atoms with Gasteiger partial charge in [-0.2, -0.15) is 0 Å². The van der Waals surface area contributed by atoms with Crippen LogP contribution in [0, 0.1) is 13.1 Å². The van der Waals surface area contributed by atoms with Crippen molar-refractivity contribution in [1.29, 1.82) is 0 Å². The fourth-order valence-corrected chi connectivity index (χ4v) is 10.7. The van der Waals surface area contributed by atoms with E-state index < -0.39 is 16.1 Å². The van der Waals surface area contributed by atoms with Crippen molar-refractivity contribution in [3.05, 3.63) is 68.6 Å². The minimum Gasteiger partial charge on any atom is -0.358 e. The molecular weight excluding hydrogens is 364 g/mol. The van der Waals surface area contributed by atoms with Gasteiger partial charge in [-0.05, 0) is 34.0 Å². The van der Waals surface area contributed by atoms with Crippen molar-refractivity contribution in [2.24, 2.45) is 0 Å². The molecule has 0 radical (unpaired) electrons. The maximum atomic E-state index is 7.37. The predicted octanol–water partition coefficient (Wildman–Crippen LogP) is 7.12. The Balaban J connectivity index is 1.98. The van der Waals surface area contributed by atoms with Gasteiger partial charge in [0.1, 0.15) is 12.2 Å². The van der Waals surface area contributed by atoms with E-state index >= 15 is 0 Å². The lowest BCUT2D eigenvalue weighted by molar-refractivity contribution is 0.0835. The molecule has 27 heavy (non-hydrogen) atoms. The van der Waals surface area contributed by atoms with Crippen LogP contribution < -0.4 is 0 Å². The van der Waals surface area contributed by atoms with Gasteiger partial charge in [0, 0.05) is 0 Å². The monoisotopic (exact) mass is 388 g/mol. The Morgan fingerprint density at radius 2 is 1.07 bits per heavy atom. The van der Waals surface area contributed by atoms with Crippen molar-refractivity contribution in [3.8, 4) is 0 Å². The minimum atomic E-state index is -1.52. The molecule has 3 nitrogen and oxygen atoms in total. The van der Waals surface area contributed by atoms with E-state index in [1.54, 1.807) is 10.4 Å². The third-order valence-electron chi connectivity index (χ3n) is 5.64. The van der Waals surface area contributed by atoms with Gasteiger partial charge >= 0.3 is 0 Å². The molecule has 0 N–H and O–H groups in total. The Labute approximate surface area is 163 Å². The highest BCUT2D eigenvalue weighted by Gasteiger charge is 2.51. The Morgan fingerprint density at radius 1 is 0.704 bits per heavy atom. The van der Waals surface area contributed by atoms with Crippen LogP contribution in [0.5, 0.6) is 0 Å². The molecule has 2 unspecified atom stereocenters. The minimum absolute atomic E-state index is 0.0831. The van der Waals surface area contributed by atoms with E-state index in [1.807, 2.05) is 12.1 Å². The highest BCUT2D eigenvalue weighted by atomic mass is 28.3. The van der Waals surface area contributed by atoms with Crippen LogP contribution in [-0.2, 0) is 4.74 Å². The summed E-state index contributed by atoms with van der Waals surface area (Å²) in [6.45, 7) is 29.3. The van der Waals surface area contributed by atoms with Gasteiger partial charge in [0.25, 0.3) is 0 Å². The van der Waals surface area contributed by atoms with E-state index in [1.165, 1.54) is 11.1 Å². The number of fused-ring (bicyclic) bond motifs is 6. The quantitative estimate of drug-likeness (QED) is 0.395. The van der Waals surface area contributed by atoms with E-state index in [4.69, 9.17) is 17.9 Å². The van der Waals surface area contributed by atoms with Gasteiger partial charge in [-0.15, -0.1) is 0 Å². The van der Waals surface area contributed by atoms with Crippen LogP contribution in [-0.4, -0.2) is 16.1 Å². The number of benzene rings is 2. The largest absolute Gasteiger partial charge is 0.358 e. The molecule has 0 aromatic heterocycles. The molecule has 2 aromatic carbocycles. The second-order valence-electron chi connectivity index (χ2n) is 9.62. The molecule has 2 atom stereocenters. The molecule has 2 aliphatic rings. The summed E-state index contributed by atoms with van der Waals surface area (Å²) in [5.74, 6) is 0. The second kappa shape index (κ2) is 5.66. The van der Waals surface area contributed by atoms with Crippen molar-refractivity contribution in [2.75, 3.05) is 0 Å². The molecule has 5 heteroatoms.